The number of thiophene rings is 1. The van der Waals surface area contributed by atoms with Crippen LogP contribution in [0.2, 0.25) is 0 Å². The van der Waals surface area contributed by atoms with E-state index in [0.717, 1.165) is 51.6 Å². The summed E-state index contributed by atoms with van der Waals surface area (Å²) in [6.07, 6.45) is 9.30. The number of piperidine rings is 1. The van der Waals surface area contributed by atoms with E-state index in [1.54, 1.807) is 23.6 Å². The molecule has 1 saturated carbocycles. The maximum atomic E-state index is 13.4. The number of nitrogens with zero attached hydrogens (tertiary/aromatic N) is 3. The van der Waals surface area contributed by atoms with E-state index in [0.29, 0.717) is 11.8 Å². The van der Waals surface area contributed by atoms with Gasteiger partial charge in [-0.3, -0.25) is 4.79 Å². The molecule has 2 aromatic rings. The van der Waals surface area contributed by atoms with E-state index in [9.17, 15) is 4.79 Å². The second-order valence-electron chi connectivity index (χ2n) is 6.92. The van der Waals surface area contributed by atoms with Gasteiger partial charge in [-0.25, -0.2) is 9.97 Å². The Morgan fingerprint density at radius 1 is 1.24 bits per heavy atom. The van der Waals surface area contributed by atoms with Crippen LogP contribution in [-0.4, -0.2) is 40.0 Å². The number of hydrogen-bond donors (Lipinski definition) is 0. The Morgan fingerprint density at radius 2 is 2.04 bits per heavy atom. The smallest absolute Gasteiger partial charge is 0.234 e. The molecular weight excluding hydrogens is 334 g/mol. The molecule has 0 radical (unpaired) electrons. The van der Waals surface area contributed by atoms with Crippen LogP contribution in [0.5, 0.6) is 5.88 Å². The van der Waals surface area contributed by atoms with Crippen LogP contribution in [0.1, 0.15) is 43.4 Å². The first-order valence-corrected chi connectivity index (χ1v) is 9.92. The largest absolute Gasteiger partial charge is 0.474 e. The molecule has 4 rings (SSSR count). The van der Waals surface area contributed by atoms with E-state index in [1.807, 2.05) is 0 Å². The minimum absolute atomic E-state index is 0.125. The lowest BCUT2D eigenvalue weighted by molar-refractivity contribution is -0.139. The predicted molar refractivity (Wildman–Crippen MR) is 96.7 cm³/mol. The zero-order valence-electron chi connectivity index (χ0n) is 14.3. The molecule has 1 aliphatic carbocycles. The van der Waals surface area contributed by atoms with Gasteiger partial charge in [0.05, 0.1) is 5.41 Å². The summed E-state index contributed by atoms with van der Waals surface area (Å²) in [7, 11) is 0. The van der Waals surface area contributed by atoms with Gasteiger partial charge in [-0.15, -0.1) is 11.3 Å². The summed E-state index contributed by atoms with van der Waals surface area (Å²) in [5, 5.41) is 2.09. The third-order valence-corrected chi connectivity index (χ3v) is 6.50. The average Bonchev–Trinajstić information content (AvgIpc) is 3.35. The Hall–Kier alpha value is -1.95. The van der Waals surface area contributed by atoms with E-state index in [-0.39, 0.29) is 11.5 Å². The van der Waals surface area contributed by atoms with Crippen molar-refractivity contribution < 1.29 is 9.53 Å². The Kier molecular flexibility index (Phi) is 4.70. The monoisotopic (exact) mass is 357 g/mol. The van der Waals surface area contributed by atoms with Gasteiger partial charge in [-0.2, -0.15) is 0 Å². The molecule has 6 heteroatoms. The van der Waals surface area contributed by atoms with Gasteiger partial charge in [0.25, 0.3) is 0 Å². The molecule has 3 heterocycles. The zero-order valence-corrected chi connectivity index (χ0v) is 15.1. The summed E-state index contributed by atoms with van der Waals surface area (Å²) in [5.74, 6) is 0.943. The number of likely N-dealkylation sites (tertiary alicyclic amines) is 1. The number of ether oxygens (including phenoxy) is 1. The van der Waals surface area contributed by atoms with Gasteiger partial charge in [0.15, 0.2) is 0 Å². The van der Waals surface area contributed by atoms with Crippen molar-refractivity contribution in [3.8, 4) is 5.88 Å². The number of rotatable bonds is 4. The number of carbonyl (C=O) groups excluding carboxylic acids is 1. The second kappa shape index (κ2) is 7.12. The molecule has 0 N–H and O–H groups in total. The third-order valence-electron chi connectivity index (χ3n) is 5.43. The van der Waals surface area contributed by atoms with Crippen LogP contribution in [0, 0.1) is 0 Å². The molecule has 2 aromatic heterocycles. The van der Waals surface area contributed by atoms with Crippen LogP contribution in [0.25, 0.3) is 0 Å². The highest BCUT2D eigenvalue weighted by molar-refractivity contribution is 7.10. The van der Waals surface area contributed by atoms with Crippen molar-refractivity contribution in [2.75, 3.05) is 13.1 Å². The third kappa shape index (κ3) is 3.27. The molecule has 0 aromatic carbocycles. The molecule has 0 spiro atoms. The van der Waals surface area contributed by atoms with Crippen molar-refractivity contribution in [3.05, 3.63) is 41.0 Å². The van der Waals surface area contributed by atoms with Crippen molar-refractivity contribution >= 4 is 17.2 Å². The molecule has 0 atom stereocenters. The van der Waals surface area contributed by atoms with Crippen molar-refractivity contribution in [2.24, 2.45) is 0 Å². The van der Waals surface area contributed by atoms with Crippen LogP contribution in [0.4, 0.5) is 0 Å². The van der Waals surface area contributed by atoms with Crippen LogP contribution in [0.15, 0.2) is 36.1 Å². The molecule has 1 saturated heterocycles. The normalized spacial score (nSPS) is 20.6. The fraction of sp³-hybridized carbons (Fsp3) is 0.526. The Balaban J connectivity index is 1.41. The minimum atomic E-state index is -0.269. The van der Waals surface area contributed by atoms with Gasteiger partial charge < -0.3 is 9.64 Å². The summed E-state index contributed by atoms with van der Waals surface area (Å²) in [6, 6.07) is 5.98. The van der Waals surface area contributed by atoms with Gasteiger partial charge in [0.2, 0.25) is 11.8 Å². The number of amides is 1. The molecule has 2 fully saturated rings. The molecular formula is C19H23N3O2S. The number of carbonyl (C=O) groups is 1. The highest BCUT2D eigenvalue weighted by atomic mass is 32.1. The Bertz CT molecular complexity index is 691. The van der Waals surface area contributed by atoms with Gasteiger partial charge in [-0.1, -0.05) is 18.9 Å². The lowest BCUT2D eigenvalue weighted by Crippen LogP contribution is -2.49. The van der Waals surface area contributed by atoms with Crippen LogP contribution in [0.3, 0.4) is 0 Å². The molecule has 25 heavy (non-hydrogen) atoms. The van der Waals surface area contributed by atoms with Crippen molar-refractivity contribution in [3.63, 3.8) is 0 Å². The van der Waals surface area contributed by atoms with E-state index in [1.165, 1.54) is 11.2 Å². The molecule has 1 amide bonds. The van der Waals surface area contributed by atoms with Crippen molar-refractivity contribution in [2.45, 2.75) is 50.0 Å². The van der Waals surface area contributed by atoms with Gasteiger partial charge >= 0.3 is 0 Å². The molecule has 0 unspecified atom stereocenters. The summed E-state index contributed by atoms with van der Waals surface area (Å²) in [6.45, 7) is 1.53. The maximum Gasteiger partial charge on any atom is 0.234 e. The quantitative estimate of drug-likeness (QED) is 0.841. The first-order chi connectivity index (χ1) is 12.3. The second-order valence-corrected chi connectivity index (χ2v) is 7.87. The summed E-state index contributed by atoms with van der Waals surface area (Å²) in [4.78, 5) is 24.7. The van der Waals surface area contributed by atoms with Crippen LogP contribution >= 0.6 is 11.3 Å². The Morgan fingerprint density at radius 3 is 2.68 bits per heavy atom. The standard InChI is InChI=1S/C19H23N3O2S/c23-18(19(8-1-2-9-19)16-4-3-13-25-16)22-11-6-15(7-12-22)24-17-5-10-20-14-21-17/h3-5,10,13-15H,1-2,6-9,11-12H2. The SMILES string of the molecule is O=C(N1CCC(Oc2ccncn2)CC1)C1(c2cccs2)CCCC1. The van der Waals surface area contributed by atoms with Gasteiger partial charge in [0, 0.05) is 43.1 Å². The lowest BCUT2D eigenvalue weighted by atomic mass is 9.82. The van der Waals surface area contributed by atoms with E-state index >= 15 is 0 Å². The topological polar surface area (TPSA) is 55.3 Å². The zero-order chi connectivity index (χ0) is 17.1. The average molecular weight is 357 g/mol. The van der Waals surface area contributed by atoms with Crippen molar-refractivity contribution in [1.82, 2.24) is 14.9 Å². The fourth-order valence-electron chi connectivity index (χ4n) is 4.09. The van der Waals surface area contributed by atoms with Gasteiger partial charge in [0.1, 0.15) is 12.4 Å². The first kappa shape index (κ1) is 16.5. The minimum Gasteiger partial charge on any atom is -0.474 e. The molecule has 1 aliphatic heterocycles. The maximum absolute atomic E-state index is 13.4. The van der Waals surface area contributed by atoms with Crippen LogP contribution < -0.4 is 4.74 Å². The highest BCUT2D eigenvalue weighted by Gasteiger charge is 2.46. The summed E-state index contributed by atoms with van der Waals surface area (Å²) in [5.41, 5.74) is -0.269. The summed E-state index contributed by atoms with van der Waals surface area (Å²) >= 11 is 1.73. The number of hydrogen-bond acceptors (Lipinski definition) is 5. The molecule has 2 aliphatic rings. The number of aromatic nitrogens is 2. The highest BCUT2D eigenvalue weighted by Crippen LogP contribution is 2.44. The van der Waals surface area contributed by atoms with Crippen LogP contribution in [-0.2, 0) is 10.2 Å². The predicted octanol–water partition coefficient (Wildman–Crippen LogP) is 3.42. The lowest BCUT2D eigenvalue weighted by Gasteiger charge is -2.38. The summed E-state index contributed by atoms with van der Waals surface area (Å²) < 4.78 is 5.92. The van der Waals surface area contributed by atoms with E-state index in [2.05, 4.69) is 32.4 Å². The molecule has 0 bridgehead atoms. The Labute approximate surface area is 152 Å². The van der Waals surface area contributed by atoms with Gasteiger partial charge in [-0.05, 0) is 24.3 Å². The molecule has 132 valence electrons. The van der Waals surface area contributed by atoms with Crippen molar-refractivity contribution in [1.29, 1.82) is 0 Å². The van der Waals surface area contributed by atoms with E-state index in [4.69, 9.17) is 4.74 Å². The van der Waals surface area contributed by atoms with E-state index < -0.39 is 0 Å². The fourth-order valence-corrected chi connectivity index (χ4v) is 5.07. The molecule has 5 nitrogen and oxygen atoms in total. The first-order valence-electron chi connectivity index (χ1n) is 9.04.